The zero-order valence-corrected chi connectivity index (χ0v) is 12.1. The SMILES string of the molecule is Cc1cccc(C2Cc3cc(N)cc4cc(N)cc2c34)c1. The first-order valence-corrected chi connectivity index (χ1v) is 7.30. The average molecular weight is 274 g/mol. The average Bonchev–Trinajstić information content (AvgIpc) is 2.77. The summed E-state index contributed by atoms with van der Waals surface area (Å²) in [5, 5.41) is 2.50. The van der Waals surface area contributed by atoms with Gasteiger partial charge < -0.3 is 11.5 Å². The Hall–Kier alpha value is -2.48. The molecule has 1 unspecified atom stereocenters. The van der Waals surface area contributed by atoms with Gasteiger partial charge in [-0.05, 0) is 65.1 Å². The van der Waals surface area contributed by atoms with Gasteiger partial charge in [0, 0.05) is 17.3 Å². The number of benzene rings is 3. The minimum Gasteiger partial charge on any atom is -0.399 e. The van der Waals surface area contributed by atoms with E-state index in [1.54, 1.807) is 0 Å². The van der Waals surface area contributed by atoms with Crippen molar-refractivity contribution in [3.05, 3.63) is 70.8 Å². The Labute approximate surface area is 124 Å². The third kappa shape index (κ3) is 1.87. The van der Waals surface area contributed by atoms with E-state index < -0.39 is 0 Å². The van der Waals surface area contributed by atoms with Crippen LogP contribution in [0.4, 0.5) is 11.4 Å². The molecule has 0 radical (unpaired) electrons. The third-order valence-electron chi connectivity index (χ3n) is 4.45. The second-order valence-electron chi connectivity index (χ2n) is 6.06. The van der Waals surface area contributed by atoms with E-state index in [4.69, 9.17) is 11.5 Å². The maximum absolute atomic E-state index is 6.10. The molecule has 104 valence electrons. The Morgan fingerprint density at radius 3 is 2.48 bits per heavy atom. The molecule has 21 heavy (non-hydrogen) atoms. The monoisotopic (exact) mass is 274 g/mol. The van der Waals surface area contributed by atoms with Gasteiger partial charge in [-0.15, -0.1) is 0 Å². The number of anilines is 2. The van der Waals surface area contributed by atoms with E-state index in [1.165, 1.54) is 27.6 Å². The van der Waals surface area contributed by atoms with Crippen LogP contribution in [0.2, 0.25) is 0 Å². The van der Waals surface area contributed by atoms with E-state index >= 15 is 0 Å². The fraction of sp³-hybridized carbons (Fsp3) is 0.158. The second-order valence-corrected chi connectivity index (χ2v) is 6.06. The maximum atomic E-state index is 6.10. The molecule has 1 aliphatic carbocycles. The van der Waals surface area contributed by atoms with Crippen molar-refractivity contribution in [3.63, 3.8) is 0 Å². The second kappa shape index (κ2) is 4.26. The van der Waals surface area contributed by atoms with Crippen LogP contribution in [0.1, 0.15) is 28.2 Å². The van der Waals surface area contributed by atoms with Crippen LogP contribution >= 0.6 is 0 Å². The molecular formula is C19H18N2. The van der Waals surface area contributed by atoms with E-state index in [-0.39, 0.29) is 0 Å². The number of hydrogen-bond acceptors (Lipinski definition) is 2. The van der Waals surface area contributed by atoms with Gasteiger partial charge in [-0.2, -0.15) is 0 Å². The van der Waals surface area contributed by atoms with Crippen LogP contribution in [0.15, 0.2) is 48.5 Å². The molecule has 2 heteroatoms. The van der Waals surface area contributed by atoms with Gasteiger partial charge in [0.25, 0.3) is 0 Å². The molecule has 2 nitrogen and oxygen atoms in total. The van der Waals surface area contributed by atoms with Crippen LogP contribution < -0.4 is 11.5 Å². The van der Waals surface area contributed by atoms with E-state index in [0.29, 0.717) is 5.92 Å². The van der Waals surface area contributed by atoms with Crippen molar-refractivity contribution in [2.24, 2.45) is 0 Å². The van der Waals surface area contributed by atoms with Crippen LogP contribution in [0.3, 0.4) is 0 Å². The lowest BCUT2D eigenvalue weighted by molar-refractivity contribution is 0.847. The van der Waals surface area contributed by atoms with Crippen LogP contribution in [-0.4, -0.2) is 0 Å². The van der Waals surface area contributed by atoms with Gasteiger partial charge in [-0.3, -0.25) is 0 Å². The van der Waals surface area contributed by atoms with Gasteiger partial charge in [-0.25, -0.2) is 0 Å². The number of rotatable bonds is 1. The van der Waals surface area contributed by atoms with Crippen molar-refractivity contribution in [2.75, 3.05) is 11.5 Å². The predicted molar refractivity (Wildman–Crippen MR) is 89.5 cm³/mol. The standard InChI is InChI=1S/C19H18N2/c1-11-3-2-4-12(5-11)17-9-14-8-15(20)6-13-7-16(21)10-18(17)19(13)14/h2-8,10,17H,9,20-21H2,1H3. The number of aryl methyl sites for hydroxylation is 1. The van der Waals surface area contributed by atoms with E-state index in [1.807, 2.05) is 12.1 Å². The molecule has 1 atom stereocenters. The summed E-state index contributed by atoms with van der Waals surface area (Å²) in [6.45, 7) is 2.14. The first-order chi connectivity index (χ1) is 10.1. The highest BCUT2D eigenvalue weighted by Crippen LogP contribution is 2.44. The van der Waals surface area contributed by atoms with Gasteiger partial charge in [0.1, 0.15) is 0 Å². The lowest BCUT2D eigenvalue weighted by atomic mass is 9.91. The Morgan fingerprint density at radius 1 is 0.952 bits per heavy atom. The molecule has 0 spiro atoms. The Morgan fingerprint density at radius 2 is 1.71 bits per heavy atom. The van der Waals surface area contributed by atoms with Crippen molar-refractivity contribution in [1.29, 1.82) is 0 Å². The Kier molecular flexibility index (Phi) is 2.49. The highest BCUT2D eigenvalue weighted by molar-refractivity contribution is 5.96. The number of nitrogen functional groups attached to an aromatic ring is 2. The minimum absolute atomic E-state index is 0.382. The maximum Gasteiger partial charge on any atom is 0.0323 e. The van der Waals surface area contributed by atoms with Crippen LogP contribution in [-0.2, 0) is 6.42 Å². The normalized spacial score (nSPS) is 16.5. The molecule has 0 amide bonds. The van der Waals surface area contributed by atoms with E-state index in [2.05, 4.69) is 43.3 Å². The van der Waals surface area contributed by atoms with Gasteiger partial charge in [-0.1, -0.05) is 29.8 Å². The highest BCUT2D eigenvalue weighted by atomic mass is 14.6. The van der Waals surface area contributed by atoms with Crippen molar-refractivity contribution >= 4 is 22.1 Å². The summed E-state index contributed by atoms with van der Waals surface area (Å²) in [4.78, 5) is 0. The number of nitrogens with two attached hydrogens (primary N) is 2. The van der Waals surface area contributed by atoms with Gasteiger partial charge in [0.05, 0.1) is 0 Å². The summed E-state index contributed by atoms with van der Waals surface area (Å²) in [6, 6.07) is 17.0. The molecule has 0 aliphatic heterocycles. The topological polar surface area (TPSA) is 52.0 Å². The Bertz CT molecular complexity index is 860. The number of hydrogen-bond donors (Lipinski definition) is 2. The first kappa shape index (κ1) is 12.3. The molecule has 4 rings (SSSR count). The van der Waals surface area contributed by atoms with Crippen LogP contribution in [0.25, 0.3) is 10.8 Å². The van der Waals surface area contributed by atoms with Crippen LogP contribution in [0.5, 0.6) is 0 Å². The zero-order valence-electron chi connectivity index (χ0n) is 12.1. The molecule has 3 aromatic rings. The van der Waals surface area contributed by atoms with Crippen molar-refractivity contribution in [1.82, 2.24) is 0 Å². The molecule has 1 aliphatic rings. The molecular weight excluding hydrogens is 256 g/mol. The minimum atomic E-state index is 0.382. The summed E-state index contributed by atoms with van der Waals surface area (Å²) in [5.41, 5.74) is 19.1. The lowest BCUT2D eigenvalue weighted by Crippen LogP contribution is -1.99. The summed E-state index contributed by atoms with van der Waals surface area (Å²) < 4.78 is 0. The summed E-state index contributed by atoms with van der Waals surface area (Å²) in [7, 11) is 0. The molecule has 4 N–H and O–H groups in total. The van der Waals surface area contributed by atoms with Gasteiger partial charge in [0.2, 0.25) is 0 Å². The Balaban J connectivity index is 1.98. The quantitative estimate of drug-likeness (QED) is 0.659. The molecule has 0 saturated carbocycles. The smallest absolute Gasteiger partial charge is 0.0323 e. The van der Waals surface area contributed by atoms with Crippen LogP contribution in [0, 0.1) is 6.92 Å². The molecule has 0 aromatic heterocycles. The first-order valence-electron chi connectivity index (χ1n) is 7.30. The van der Waals surface area contributed by atoms with Crippen molar-refractivity contribution in [2.45, 2.75) is 19.3 Å². The molecule has 0 fully saturated rings. The molecule has 0 heterocycles. The van der Waals surface area contributed by atoms with Crippen molar-refractivity contribution < 1.29 is 0 Å². The van der Waals surface area contributed by atoms with Gasteiger partial charge >= 0.3 is 0 Å². The fourth-order valence-electron chi connectivity index (χ4n) is 3.64. The molecule has 0 bridgehead atoms. The summed E-state index contributed by atoms with van der Waals surface area (Å²) >= 11 is 0. The molecule has 0 saturated heterocycles. The zero-order chi connectivity index (χ0) is 14.6. The largest absolute Gasteiger partial charge is 0.399 e. The fourth-order valence-corrected chi connectivity index (χ4v) is 3.64. The van der Waals surface area contributed by atoms with Crippen molar-refractivity contribution in [3.8, 4) is 0 Å². The molecule has 3 aromatic carbocycles. The van der Waals surface area contributed by atoms with E-state index in [9.17, 15) is 0 Å². The summed E-state index contributed by atoms with van der Waals surface area (Å²) in [5.74, 6) is 0.382. The predicted octanol–water partition coefficient (Wildman–Crippen LogP) is 4.00. The highest BCUT2D eigenvalue weighted by Gasteiger charge is 2.26. The third-order valence-corrected chi connectivity index (χ3v) is 4.45. The summed E-state index contributed by atoms with van der Waals surface area (Å²) in [6.07, 6.45) is 1.00. The lowest BCUT2D eigenvalue weighted by Gasteiger charge is -2.13. The van der Waals surface area contributed by atoms with Gasteiger partial charge in [0.15, 0.2) is 0 Å². The van der Waals surface area contributed by atoms with E-state index in [0.717, 1.165) is 23.2 Å².